The largest absolute Gasteiger partial charge is 0.326 e. The molecular formula is C28H25NO3S. The van der Waals surface area contributed by atoms with Gasteiger partial charge in [-0.2, -0.15) is 0 Å². The van der Waals surface area contributed by atoms with E-state index in [0.29, 0.717) is 18.5 Å². The Morgan fingerprint density at radius 2 is 1.52 bits per heavy atom. The molecule has 33 heavy (non-hydrogen) atoms. The van der Waals surface area contributed by atoms with Crippen LogP contribution in [0.5, 0.6) is 0 Å². The number of hydrogen-bond acceptors (Lipinski definition) is 4. The molecule has 2 aliphatic heterocycles. The van der Waals surface area contributed by atoms with Gasteiger partial charge in [0.25, 0.3) is 0 Å². The van der Waals surface area contributed by atoms with Crippen LogP contribution in [0.2, 0.25) is 0 Å². The molecule has 5 rings (SSSR count). The Balaban J connectivity index is 1.66. The van der Waals surface area contributed by atoms with Crippen LogP contribution >= 0.6 is 0 Å². The Hall–Kier alpha value is -3.44. The van der Waals surface area contributed by atoms with E-state index in [1.807, 2.05) is 79.4 Å². The van der Waals surface area contributed by atoms with Crippen LogP contribution in [-0.4, -0.2) is 19.7 Å². The maximum Gasteiger partial charge on any atom is 0.212 e. The van der Waals surface area contributed by atoms with Crippen molar-refractivity contribution in [2.75, 3.05) is 4.90 Å². The molecule has 166 valence electrons. The minimum Gasteiger partial charge on any atom is -0.326 e. The monoisotopic (exact) mass is 455 g/mol. The first-order valence-corrected chi connectivity index (χ1v) is 12.5. The summed E-state index contributed by atoms with van der Waals surface area (Å²) in [7, 11) is -3.99. The second-order valence-electron chi connectivity index (χ2n) is 8.85. The highest BCUT2D eigenvalue weighted by Gasteiger charge is 2.54. The minimum absolute atomic E-state index is 0.118. The van der Waals surface area contributed by atoms with Crippen LogP contribution in [0.25, 0.3) is 6.08 Å². The molecule has 0 amide bonds. The van der Waals surface area contributed by atoms with Crippen LogP contribution in [0.4, 0.5) is 5.69 Å². The first-order chi connectivity index (χ1) is 15.8. The molecule has 3 aromatic carbocycles. The van der Waals surface area contributed by atoms with Crippen molar-refractivity contribution in [2.24, 2.45) is 0 Å². The van der Waals surface area contributed by atoms with Crippen molar-refractivity contribution in [3.63, 3.8) is 0 Å². The van der Waals surface area contributed by atoms with E-state index in [1.165, 1.54) is 0 Å². The number of Topliss-reactive ketones (excluding diaryl/α,β-unsaturated/α-hetero) is 1. The third kappa shape index (κ3) is 3.44. The summed E-state index contributed by atoms with van der Waals surface area (Å²) in [6.07, 6.45) is 4.82. The molecule has 0 aromatic heterocycles. The van der Waals surface area contributed by atoms with Gasteiger partial charge in [-0.25, -0.2) is 8.42 Å². The SMILES string of the molecule is Cc1ccc(S(=O)(=O)C2=C3C=Cc4ccccc4N3C(C)(CCc3ccccc3)C2=O)cc1. The number of carbonyl (C=O) groups excluding carboxylic acids is 1. The van der Waals surface area contributed by atoms with E-state index in [1.54, 1.807) is 30.3 Å². The number of hydrogen-bond donors (Lipinski definition) is 0. The first kappa shape index (κ1) is 21.4. The van der Waals surface area contributed by atoms with Crippen molar-refractivity contribution in [1.82, 2.24) is 0 Å². The molecule has 2 heterocycles. The molecule has 1 atom stereocenters. The summed E-state index contributed by atoms with van der Waals surface area (Å²) in [5, 5.41) is 0. The number of anilines is 1. The Kier molecular flexibility index (Phi) is 5.09. The molecule has 0 radical (unpaired) electrons. The molecule has 0 N–H and O–H groups in total. The molecule has 5 heteroatoms. The smallest absolute Gasteiger partial charge is 0.212 e. The lowest BCUT2D eigenvalue weighted by Crippen LogP contribution is -2.48. The standard InChI is InChI=1S/C28H25NO3S/c1-20-12-15-23(16-13-20)33(31,32)26-25-17-14-22-10-6-7-11-24(22)29(25)28(2,27(26)30)19-18-21-8-4-3-5-9-21/h3-17H,18-19H2,1-2H3. The minimum atomic E-state index is -3.99. The number of benzene rings is 3. The fourth-order valence-corrected chi connectivity index (χ4v) is 6.36. The quantitative estimate of drug-likeness (QED) is 0.511. The normalized spacial score (nSPS) is 19.6. The highest BCUT2D eigenvalue weighted by molar-refractivity contribution is 7.96. The molecule has 0 saturated heterocycles. The second kappa shape index (κ2) is 7.85. The molecule has 0 bridgehead atoms. The van der Waals surface area contributed by atoms with E-state index in [2.05, 4.69) is 0 Å². The predicted octanol–water partition coefficient (Wildman–Crippen LogP) is 5.49. The fourth-order valence-electron chi connectivity index (χ4n) is 4.73. The predicted molar refractivity (Wildman–Crippen MR) is 132 cm³/mol. The summed E-state index contributed by atoms with van der Waals surface area (Å²) in [5.41, 5.74) is 3.34. The summed E-state index contributed by atoms with van der Waals surface area (Å²) in [6.45, 7) is 3.77. The number of allylic oxidation sites excluding steroid dienone is 1. The van der Waals surface area contributed by atoms with Crippen LogP contribution in [0.15, 0.2) is 100 Å². The van der Waals surface area contributed by atoms with Gasteiger partial charge in [-0.05, 0) is 62.1 Å². The van der Waals surface area contributed by atoms with Crippen molar-refractivity contribution in [3.8, 4) is 0 Å². The summed E-state index contributed by atoms with van der Waals surface area (Å²) >= 11 is 0. The summed E-state index contributed by atoms with van der Waals surface area (Å²) < 4.78 is 27.5. The van der Waals surface area contributed by atoms with Gasteiger partial charge in [0.15, 0.2) is 0 Å². The van der Waals surface area contributed by atoms with Gasteiger partial charge >= 0.3 is 0 Å². The number of sulfone groups is 1. The van der Waals surface area contributed by atoms with Crippen molar-refractivity contribution < 1.29 is 13.2 Å². The summed E-state index contributed by atoms with van der Waals surface area (Å²) in [4.78, 5) is 16.0. The van der Waals surface area contributed by atoms with Crippen LogP contribution < -0.4 is 4.90 Å². The summed E-state index contributed by atoms with van der Waals surface area (Å²) in [6, 6.07) is 24.5. The van der Waals surface area contributed by atoms with Gasteiger partial charge in [0.1, 0.15) is 10.4 Å². The van der Waals surface area contributed by atoms with Gasteiger partial charge in [0, 0.05) is 5.69 Å². The van der Waals surface area contributed by atoms with Gasteiger partial charge < -0.3 is 4.90 Å². The molecule has 4 nitrogen and oxygen atoms in total. The van der Waals surface area contributed by atoms with Gasteiger partial charge in [0.05, 0.1) is 10.6 Å². The lowest BCUT2D eigenvalue weighted by Gasteiger charge is -2.39. The summed E-state index contributed by atoms with van der Waals surface area (Å²) in [5.74, 6) is -0.352. The lowest BCUT2D eigenvalue weighted by molar-refractivity contribution is -0.118. The number of carbonyl (C=O) groups is 1. The Morgan fingerprint density at radius 1 is 0.848 bits per heavy atom. The average Bonchev–Trinajstić information content (AvgIpc) is 3.06. The molecule has 0 aliphatic carbocycles. The molecule has 0 fully saturated rings. The van der Waals surface area contributed by atoms with E-state index in [-0.39, 0.29) is 15.6 Å². The Morgan fingerprint density at radius 3 is 2.24 bits per heavy atom. The van der Waals surface area contributed by atoms with Gasteiger partial charge in [-0.1, -0.05) is 72.3 Å². The molecular weight excluding hydrogens is 430 g/mol. The average molecular weight is 456 g/mol. The number of fused-ring (bicyclic) bond motifs is 3. The molecule has 1 unspecified atom stereocenters. The van der Waals surface area contributed by atoms with Crippen LogP contribution in [0, 0.1) is 6.92 Å². The van der Waals surface area contributed by atoms with E-state index < -0.39 is 15.4 Å². The molecule has 3 aromatic rings. The molecule has 0 saturated carbocycles. The first-order valence-electron chi connectivity index (χ1n) is 11.0. The van der Waals surface area contributed by atoms with Crippen molar-refractivity contribution in [1.29, 1.82) is 0 Å². The number of ketones is 1. The van der Waals surface area contributed by atoms with Crippen molar-refractivity contribution in [3.05, 3.63) is 112 Å². The maximum absolute atomic E-state index is 14.0. The zero-order valence-corrected chi connectivity index (χ0v) is 19.5. The second-order valence-corrected chi connectivity index (χ2v) is 10.7. The number of aryl methyl sites for hydroxylation is 2. The van der Waals surface area contributed by atoms with Crippen molar-refractivity contribution >= 4 is 27.4 Å². The fraction of sp³-hybridized carbons (Fsp3) is 0.179. The van der Waals surface area contributed by atoms with Crippen LogP contribution in [-0.2, 0) is 21.1 Å². The number of rotatable bonds is 5. The number of nitrogens with zero attached hydrogens (tertiary/aromatic N) is 1. The molecule has 0 spiro atoms. The van der Waals surface area contributed by atoms with E-state index in [0.717, 1.165) is 22.4 Å². The zero-order valence-electron chi connectivity index (χ0n) is 18.7. The third-order valence-electron chi connectivity index (χ3n) is 6.60. The third-order valence-corrected chi connectivity index (χ3v) is 8.43. The number of para-hydroxylation sites is 1. The molecule has 2 aliphatic rings. The topological polar surface area (TPSA) is 54.5 Å². The van der Waals surface area contributed by atoms with E-state index in [4.69, 9.17) is 0 Å². The Bertz CT molecular complexity index is 1400. The highest BCUT2D eigenvalue weighted by atomic mass is 32.2. The van der Waals surface area contributed by atoms with Crippen molar-refractivity contribution in [2.45, 2.75) is 37.1 Å². The Labute approximate surface area is 194 Å². The zero-order chi connectivity index (χ0) is 23.2. The highest BCUT2D eigenvalue weighted by Crippen LogP contribution is 2.48. The van der Waals surface area contributed by atoms with E-state index in [9.17, 15) is 13.2 Å². The van der Waals surface area contributed by atoms with Gasteiger partial charge in [-0.15, -0.1) is 0 Å². The van der Waals surface area contributed by atoms with E-state index >= 15 is 0 Å². The van der Waals surface area contributed by atoms with Gasteiger partial charge in [-0.3, -0.25) is 4.79 Å². The van der Waals surface area contributed by atoms with Gasteiger partial charge in [0.2, 0.25) is 15.6 Å². The maximum atomic E-state index is 14.0. The lowest BCUT2D eigenvalue weighted by atomic mass is 9.88. The van der Waals surface area contributed by atoms with Crippen LogP contribution in [0.1, 0.15) is 30.0 Å². The van der Waals surface area contributed by atoms with Crippen LogP contribution in [0.3, 0.4) is 0 Å².